The van der Waals surface area contributed by atoms with Gasteiger partial charge in [-0.3, -0.25) is 0 Å². The van der Waals surface area contributed by atoms with Crippen molar-refractivity contribution in [3.63, 3.8) is 0 Å². The molecule has 1 aromatic heterocycles. The maximum atomic E-state index is 5.65. The van der Waals surface area contributed by atoms with Crippen LogP contribution in [0.15, 0.2) is 53.1 Å². The summed E-state index contributed by atoms with van der Waals surface area (Å²) in [6, 6.07) is 15.3. The first-order valence-electron chi connectivity index (χ1n) is 5.68. The van der Waals surface area contributed by atoms with Crippen molar-refractivity contribution in [2.45, 2.75) is 0 Å². The van der Waals surface area contributed by atoms with E-state index in [1.807, 2.05) is 48.5 Å². The minimum atomic E-state index is 0.494. The zero-order valence-electron chi connectivity index (χ0n) is 9.88. The van der Waals surface area contributed by atoms with Gasteiger partial charge < -0.3 is 10.3 Å². The molecule has 4 nitrogen and oxygen atoms in total. The van der Waals surface area contributed by atoms with Crippen LogP contribution in [-0.2, 0) is 0 Å². The first-order chi connectivity index (χ1) is 9.22. The number of hydrogen-bond acceptors (Lipinski definition) is 4. The van der Waals surface area contributed by atoms with Crippen molar-refractivity contribution in [1.82, 2.24) is 10.1 Å². The van der Waals surface area contributed by atoms with Gasteiger partial charge in [0.25, 0.3) is 5.89 Å². The van der Waals surface area contributed by atoms with Crippen molar-refractivity contribution in [3.8, 4) is 22.8 Å². The van der Waals surface area contributed by atoms with Crippen molar-refractivity contribution in [3.05, 3.63) is 52.1 Å². The molecule has 0 saturated carbocycles. The van der Waals surface area contributed by atoms with Crippen molar-refractivity contribution < 1.29 is 4.52 Å². The molecule has 3 rings (SSSR count). The lowest BCUT2D eigenvalue weighted by Crippen LogP contribution is -1.84. The molecule has 0 aliphatic carbocycles. The molecule has 0 saturated heterocycles. The molecule has 0 aliphatic heterocycles. The summed E-state index contributed by atoms with van der Waals surface area (Å²) < 4.78 is 6.44. The number of anilines is 1. The summed E-state index contributed by atoms with van der Waals surface area (Å²) in [6.45, 7) is 0. The third kappa shape index (κ3) is 2.60. The molecule has 5 heteroatoms. The van der Waals surface area contributed by atoms with Crippen LogP contribution in [0, 0.1) is 3.57 Å². The Bertz CT molecular complexity index is 629. The minimum Gasteiger partial charge on any atom is -0.399 e. The van der Waals surface area contributed by atoms with Crippen molar-refractivity contribution in [2.24, 2.45) is 0 Å². The van der Waals surface area contributed by atoms with E-state index in [0.717, 1.165) is 11.1 Å². The molecule has 0 bridgehead atoms. The van der Waals surface area contributed by atoms with Gasteiger partial charge in [-0.05, 0) is 59.0 Å². The number of benzene rings is 2. The topological polar surface area (TPSA) is 64.9 Å². The molecule has 0 atom stereocenters. The second-order valence-corrected chi connectivity index (χ2v) is 5.30. The molecule has 0 unspecified atom stereocenters. The normalized spacial score (nSPS) is 10.6. The van der Waals surface area contributed by atoms with Gasteiger partial charge in [0.2, 0.25) is 5.82 Å². The van der Waals surface area contributed by atoms with E-state index in [9.17, 15) is 0 Å². The van der Waals surface area contributed by atoms with Crippen molar-refractivity contribution in [2.75, 3.05) is 5.73 Å². The lowest BCUT2D eigenvalue weighted by atomic mass is 10.2. The molecule has 3 aromatic rings. The van der Waals surface area contributed by atoms with E-state index in [1.54, 1.807) is 0 Å². The molecule has 0 radical (unpaired) electrons. The number of rotatable bonds is 2. The maximum absolute atomic E-state index is 5.65. The average Bonchev–Trinajstić information content (AvgIpc) is 2.90. The Morgan fingerprint density at radius 1 is 0.895 bits per heavy atom. The smallest absolute Gasteiger partial charge is 0.258 e. The lowest BCUT2D eigenvalue weighted by Gasteiger charge is -1.95. The van der Waals surface area contributed by atoms with Gasteiger partial charge in [-0.2, -0.15) is 4.98 Å². The van der Waals surface area contributed by atoms with Gasteiger partial charge in [0.15, 0.2) is 0 Å². The molecule has 0 fully saturated rings. The van der Waals surface area contributed by atoms with Gasteiger partial charge in [-0.1, -0.05) is 17.3 Å². The largest absolute Gasteiger partial charge is 0.399 e. The Kier molecular flexibility index (Phi) is 3.20. The van der Waals surface area contributed by atoms with Crippen LogP contribution in [0.5, 0.6) is 0 Å². The van der Waals surface area contributed by atoms with Crippen LogP contribution < -0.4 is 5.73 Å². The Balaban J connectivity index is 1.95. The maximum Gasteiger partial charge on any atom is 0.258 e. The Morgan fingerprint density at radius 2 is 1.53 bits per heavy atom. The molecule has 0 spiro atoms. The van der Waals surface area contributed by atoms with Crippen LogP contribution in [-0.4, -0.2) is 10.1 Å². The average molecular weight is 361 g/mol. The summed E-state index contributed by atoms with van der Waals surface area (Å²) in [5.74, 6) is 1.08. The molecule has 2 N–H and O–H groups in total. The van der Waals surface area contributed by atoms with E-state index in [1.165, 1.54) is 3.57 Å². The molecule has 1 heterocycles. The summed E-state index contributed by atoms with van der Waals surface area (Å²) >= 11 is 2.26. The van der Waals surface area contributed by atoms with Crippen LogP contribution in [0.1, 0.15) is 0 Å². The monoisotopic (exact) mass is 361 g/mol. The fourth-order valence-corrected chi connectivity index (χ4v) is 2.04. The minimum absolute atomic E-state index is 0.494. The molecule has 0 amide bonds. The second-order valence-electron chi connectivity index (χ2n) is 4.05. The zero-order valence-corrected chi connectivity index (χ0v) is 12.0. The van der Waals surface area contributed by atoms with Crippen molar-refractivity contribution >= 4 is 28.3 Å². The number of nitrogens with two attached hydrogens (primary N) is 1. The molecule has 2 aromatic carbocycles. The lowest BCUT2D eigenvalue weighted by molar-refractivity contribution is 0.432. The van der Waals surface area contributed by atoms with Gasteiger partial charge in [0.1, 0.15) is 0 Å². The predicted molar refractivity (Wildman–Crippen MR) is 82.3 cm³/mol. The van der Waals surface area contributed by atoms with E-state index < -0.39 is 0 Å². The van der Waals surface area contributed by atoms with E-state index in [2.05, 4.69) is 32.7 Å². The summed E-state index contributed by atoms with van der Waals surface area (Å²) in [5.41, 5.74) is 8.15. The fourth-order valence-electron chi connectivity index (χ4n) is 1.68. The Hall–Kier alpha value is -1.89. The SMILES string of the molecule is Nc1ccc(-c2nc(-c3ccc([125I])cc3)no2)cc1. The van der Waals surface area contributed by atoms with Crippen LogP contribution in [0.3, 0.4) is 0 Å². The highest BCUT2D eigenvalue weighted by Gasteiger charge is 2.10. The van der Waals surface area contributed by atoms with Gasteiger partial charge >= 0.3 is 0 Å². The van der Waals surface area contributed by atoms with Gasteiger partial charge in [0.05, 0.1) is 0 Å². The van der Waals surface area contributed by atoms with Crippen LogP contribution in [0.2, 0.25) is 0 Å². The quantitative estimate of drug-likeness (QED) is 0.560. The Labute approximate surface area is 123 Å². The van der Waals surface area contributed by atoms with E-state index in [0.29, 0.717) is 17.4 Å². The number of aromatic nitrogens is 2. The van der Waals surface area contributed by atoms with E-state index >= 15 is 0 Å². The summed E-state index contributed by atoms with van der Waals surface area (Å²) in [5, 5.41) is 4.00. The molecule has 94 valence electrons. The van der Waals surface area contributed by atoms with Crippen molar-refractivity contribution in [1.29, 1.82) is 0 Å². The van der Waals surface area contributed by atoms with Crippen LogP contribution in [0.4, 0.5) is 5.69 Å². The van der Waals surface area contributed by atoms with Gasteiger partial charge in [-0.15, -0.1) is 0 Å². The third-order valence-electron chi connectivity index (χ3n) is 2.69. The second kappa shape index (κ2) is 5.00. The number of nitrogens with zero attached hydrogens (tertiary/aromatic N) is 2. The van der Waals surface area contributed by atoms with Gasteiger partial charge in [0, 0.05) is 20.4 Å². The number of hydrogen-bond donors (Lipinski definition) is 1. The summed E-state index contributed by atoms with van der Waals surface area (Å²) in [6.07, 6.45) is 0. The highest BCUT2D eigenvalue weighted by Crippen LogP contribution is 2.23. The van der Waals surface area contributed by atoms with Crippen LogP contribution in [0.25, 0.3) is 22.8 Å². The first kappa shape index (κ1) is 12.2. The predicted octanol–water partition coefficient (Wildman–Crippen LogP) is 3.59. The molecular formula is C14H10IN3O. The first-order valence-corrected chi connectivity index (χ1v) is 6.76. The summed E-state index contributed by atoms with van der Waals surface area (Å²) in [7, 11) is 0. The fraction of sp³-hybridized carbons (Fsp3) is 0. The molecular weight excluding hydrogens is 351 g/mol. The number of halogens is 1. The van der Waals surface area contributed by atoms with Gasteiger partial charge in [-0.25, -0.2) is 0 Å². The number of nitrogen functional groups attached to an aromatic ring is 1. The summed E-state index contributed by atoms with van der Waals surface area (Å²) in [4.78, 5) is 4.39. The molecule has 19 heavy (non-hydrogen) atoms. The Morgan fingerprint density at radius 3 is 2.21 bits per heavy atom. The zero-order chi connectivity index (χ0) is 13.2. The standard InChI is InChI=1S/C14H10IN3O/c15-11-5-1-9(2-6-11)13-17-14(19-18-13)10-3-7-12(16)8-4-10/h1-8H,16H2/i15-2. The highest BCUT2D eigenvalue weighted by atomic mass is 125. The van der Waals surface area contributed by atoms with E-state index in [-0.39, 0.29) is 0 Å². The van der Waals surface area contributed by atoms with E-state index in [4.69, 9.17) is 10.3 Å². The third-order valence-corrected chi connectivity index (χ3v) is 3.41. The highest BCUT2D eigenvalue weighted by molar-refractivity contribution is 14.1. The van der Waals surface area contributed by atoms with Crippen LogP contribution >= 0.6 is 22.6 Å². The molecule has 0 aliphatic rings.